The Morgan fingerprint density at radius 3 is 2.60 bits per heavy atom. The van der Waals surface area contributed by atoms with Crippen molar-refractivity contribution in [3.05, 3.63) is 70.6 Å². The first kappa shape index (κ1) is 15.8. The number of para-hydroxylation sites is 2. The highest BCUT2D eigenvalue weighted by Gasteiger charge is 2.22. The van der Waals surface area contributed by atoms with E-state index in [4.69, 9.17) is 0 Å². The molecule has 3 aromatic rings. The van der Waals surface area contributed by atoms with E-state index in [0.717, 1.165) is 29.6 Å². The van der Waals surface area contributed by atoms with Crippen molar-refractivity contribution >= 4 is 22.1 Å². The van der Waals surface area contributed by atoms with Gasteiger partial charge in [-0.2, -0.15) is 0 Å². The van der Waals surface area contributed by atoms with E-state index in [0.29, 0.717) is 12.5 Å². The van der Waals surface area contributed by atoms with Crippen LogP contribution in [0.15, 0.2) is 59.4 Å². The smallest absolute Gasteiger partial charge is 0.256 e. The van der Waals surface area contributed by atoms with Crippen LogP contribution in [-0.2, 0) is 6.54 Å². The van der Waals surface area contributed by atoms with Crippen molar-refractivity contribution < 1.29 is 0 Å². The Kier molecular flexibility index (Phi) is 3.96. The summed E-state index contributed by atoms with van der Waals surface area (Å²) in [6.07, 6.45) is 0. The van der Waals surface area contributed by atoms with Crippen molar-refractivity contribution in [3.8, 4) is 0 Å². The third-order valence-corrected chi connectivity index (χ3v) is 4.92. The van der Waals surface area contributed by atoms with Crippen molar-refractivity contribution in [2.24, 2.45) is 5.92 Å². The first-order chi connectivity index (χ1) is 12.1. The molecule has 1 aliphatic heterocycles. The van der Waals surface area contributed by atoms with Gasteiger partial charge in [-0.3, -0.25) is 4.79 Å². The van der Waals surface area contributed by atoms with Gasteiger partial charge in [0.15, 0.2) is 0 Å². The summed E-state index contributed by atoms with van der Waals surface area (Å²) < 4.78 is 0. The molecule has 2 heterocycles. The van der Waals surface area contributed by atoms with Crippen LogP contribution in [0.25, 0.3) is 10.8 Å². The van der Waals surface area contributed by atoms with E-state index in [9.17, 15) is 4.79 Å². The van der Waals surface area contributed by atoms with E-state index in [1.807, 2.05) is 24.3 Å². The molecular weight excluding hydrogens is 310 g/mol. The predicted molar refractivity (Wildman–Crippen MR) is 104 cm³/mol. The molecular formula is C21H23N3O. The van der Waals surface area contributed by atoms with E-state index in [2.05, 4.69) is 59.1 Å². The number of hydrogen-bond acceptors (Lipinski definition) is 3. The monoisotopic (exact) mass is 333 g/mol. The van der Waals surface area contributed by atoms with Gasteiger partial charge in [0.25, 0.3) is 5.56 Å². The van der Waals surface area contributed by atoms with Gasteiger partial charge in [0.05, 0.1) is 17.9 Å². The fourth-order valence-electron chi connectivity index (χ4n) is 3.86. The molecule has 0 aliphatic carbocycles. The van der Waals surface area contributed by atoms with Crippen molar-refractivity contribution in [1.82, 2.24) is 4.98 Å². The summed E-state index contributed by atoms with van der Waals surface area (Å²) in [5.41, 5.74) is 3.41. The molecule has 0 radical (unpaired) electrons. The zero-order valence-corrected chi connectivity index (χ0v) is 14.7. The van der Waals surface area contributed by atoms with Crippen molar-refractivity contribution in [3.63, 3.8) is 0 Å². The number of nitrogens with zero attached hydrogens (tertiary/aromatic N) is 2. The Morgan fingerprint density at radius 2 is 1.76 bits per heavy atom. The third-order valence-electron chi connectivity index (χ3n) is 4.92. The average Bonchev–Trinajstić information content (AvgIpc) is 2.72. The first-order valence-corrected chi connectivity index (χ1v) is 8.78. The number of fused-ring (bicyclic) bond motifs is 2. The zero-order valence-electron chi connectivity index (χ0n) is 14.7. The van der Waals surface area contributed by atoms with Crippen LogP contribution in [0, 0.1) is 5.92 Å². The molecule has 0 fully saturated rings. The van der Waals surface area contributed by atoms with Crippen LogP contribution in [0.5, 0.6) is 0 Å². The topological polar surface area (TPSA) is 39.3 Å². The number of H-pyrrole nitrogens is 1. The highest BCUT2D eigenvalue weighted by atomic mass is 16.1. The average molecular weight is 333 g/mol. The van der Waals surface area contributed by atoms with Crippen LogP contribution in [0.2, 0.25) is 0 Å². The van der Waals surface area contributed by atoms with Crippen LogP contribution < -0.4 is 15.4 Å². The van der Waals surface area contributed by atoms with E-state index >= 15 is 0 Å². The van der Waals surface area contributed by atoms with Gasteiger partial charge in [-0.25, -0.2) is 0 Å². The van der Waals surface area contributed by atoms with E-state index in [1.54, 1.807) is 0 Å². The number of aromatic amines is 1. The molecule has 1 aliphatic rings. The molecule has 2 aromatic carbocycles. The maximum atomic E-state index is 12.4. The molecule has 0 saturated heterocycles. The molecule has 1 aromatic heterocycles. The van der Waals surface area contributed by atoms with Crippen molar-refractivity contribution in [2.75, 3.05) is 29.9 Å². The summed E-state index contributed by atoms with van der Waals surface area (Å²) in [4.78, 5) is 20.2. The number of hydrogen-bond donors (Lipinski definition) is 1. The predicted octanol–water partition coefficient (Wildman–Crippen LogP) is 3.62. The molecule has 128 valence electrons. The lowest BCUT2D eigenvalue weighted by Crippen LogP contribution is -2.30. The Morgan fingerprint density at radius 1 is 1.04 bits per heavy atom. The van der Waals surface area contributed by atoms with Gasteiger partial charge in [-0.15, -0.1) is 0 Å². The van der Waals surface area contributed by atoms with Crippen molar-refractivity contribution in [2.45, 2.75) is 13.5 Å². The molecule has 0 saturated carbocycles. The van der Waals surface area contributed by atoms with Gasteiger partial charge in [0.1, 0.15) is 0 Å². The summed E-state index contributed by atoms with van der Waals surface area (Å²) in [6.45, 7) is 4.98. The number of benzene rings is 2. The summed E-state index contributed by atoms with van der Waals surface area (Å²) in [5, 5.41) is 1.74. The lowest BCUT2D eigenvalue weighted by molar-refractivity contribution is 0.568. The fraction of sp³-hybridized carbons (Fsp3) is 0.286. The van der Waals surface area contributed by atoms with E-state index in [-0.39, 0.29) is 5.56 Å². The molecule has 1 atom stereocenters. The summed E-state index contributed by atoms with van der Waals surface area (Å²) in [5.74, 6) is 0.546. The highest BCUT2D eigenvalue weighted by molar-refractivity contribution is 5.81. The molecule has 4 heteroatoms. The van der Waals surface area contributed by atoms with Gasteiger partial charge in [-0.1, -0.05) is 37.3 Å². The third kappa shape index (κ3) is 3.00. The second kappa shape index (κ2) is 6.28. The Labute approximate surface area is 147 Å². The van der Waals surface area contributed by atoms with Gasteiger partial charge < -0.3 is 14.8 Å². The second-order valence-corrected chi connectivity index (χ2v) is 7.07. The maximum absolute atomic E-state index is 12.4. The lowest BCUT2D eigenvalue weighted by Gasteiger charge is -2.26. The van der Waals surface area contributed by atoms with Gasteiger partial charge in [0.2, 0.25) is 0 Å². The fourth-order valence-corrected chi connectivity index (χ4v) is 3.86. The van der Waals surface area contributed by atoms with Gasteiger partial charge in [-0.05, 0) is 35.6 Å². The van der Waals surface area contributed by atoms with E-state index < -0.39 is 0 Å². The number of rotatable bonds is 2. The normalized spacial score (nSPS) is 17.4. The molecule has 0 unspecified atom stereocenters. The number of pyridine rings is 1. The first-order valence-electron chi connectivity index (χ1n) is 8.78. The summed E-state index contributed by atoms with van der Waals surface area (Å²) in [7, 11) is 2.15. The minimum absolute atomic E-state index is 0.0126. The molecule has 0 bridgehead atoms. The molecule has 0 spiro atoms. The second-order valence-electron chi connectivity index (χ2n) is 7.07. The Bertz CT molecular complexity index is 963. The van der Waals surface area contributed by atoms with Crippen LogP contribution in [0.1, 0.15) is 12.6 Å². The van der Waals surface area contributed by atoms with Crippen LogP contribution in [0.3, 0.4) is 0 Å². The highest BCUT2D eigenvalue weighted by Crippen LogP contribution is 2.33. The largest absolute Gasteiger partial charge is 0.373 e. The summed E-state index contributed by atoms with van der Waals surface area (Å²) in [6, 6.07) is 18.4. The minimum atomic E-state index is -0.0126. The maximum Gasteiger partial charge on any atom is 0.256 e. The molecule has 1 N–H and O–H groups in total. The van der Waals surface area contributed by atoms with E-state index in [1.165, 1.54) is 11.4 Å². The van der Waals surface area contributed by atoms with Crippen LogP contribution in [-0.4, -0.2) is 25.1 Å². The number of anilines is 2. The quantitative estimate of drug-likeness (QED) is 0.778. The molecule has 4 nitrogen and oxygen atoms in total. The SMILES string of the molecule is C[C@H]1CN(C)c2ccccc2N(Cc2cc3ccccc3c(=O)[nH]2)C1. The van der Waals surface area contributed by atoms with Crippen LogP contribution >= 0.6 is 0 Å². The number of aromatic nitrogens is 1. The van der Waals surface area contributed by atoms with Gasteiger partial charge in [0, 0.05) is 31.2 Å². The molecule has 25 heavy (non-hydrogen) atoms. The van der Waals surface area contributed by atoms with Crippen molar-refractivity contribution in [1.29, 1.82) is 0 Å². The lowest BCUT2D eigenvalue weighted by atomic mass is 10.1. The minimum Gasteiger partial charge on any atom is -0.373 e. The van der Waals surface area contributed by atoms with Gasteiger partial charge >= 0.3 is 0 Å². The summed E-state index contributed by atoms with van der Waals surface area (Å²) >= 11 is 0. The van der Waals surface area contributed by atoms with Crippen LogP contribution in [0.4, 0.5) is 11.4 Å². The zero-order chi connectivity index (χ0) is 17.4. The Hall–Kier alpha value is -2.75. The molecule has 4 rings (SSSR count). The standard InChI is InChI=1S/C21H23N3O/c1-15-12-23(2)19-9-5-6-10-20(19)24(13-15)14-17-11-16-7-3-4-8-18(16)21(25)22-17/h3-11,15H,12-14H2,1-2H3,(H,22,25)/t15-/m0/s1. The Balaban J connectivity index is 1.74. The number of nitrogens with one attached hydrogen (secondary N) is 1. The molecule has 0 amide bonds.